The van der Waals surface area contributed by atoms with Crippen molar-refractivity contribution in [1.82, 2.24) is 0 Å². The van der Waals surface area contributed by atoms with Crippen molar-refractivity contribution in [1.29, 1.82) is 0 Å². The van der Waals surface area contributed by atoms with E-state index >= 15 is 0 Å². The second-order valence-electron chi connectivity index (χ2n) is 2.30. The first-order valence-corrected chi connectivity index (χ1v) is 4.19. The summed E-state index contributed by atoms with van der Waals surface area (Å²) in [6, 6.07) is 3.84. The fraction of sp³-hybridized carbons (Fsp3) is 0.143. The van der Waals surface area contributed by atoms with Gasteiger partial charge in [0.25, 0.3) is 0 Å². The molecule has 0 radical (unpaired) electrons. The quantitative estimate of drug-likeness (QED) is 0.673. The molecule has 0 fully saturated rings. The third-order valence-corrected chi connectivity index (χ3v) is 1.57. The van der Waals surface area contributed by atoms with Gasteiger partial charge in [0, 0.05) is 6.07 Å². The Morgan fingerprint density at radius 3 is 2.50 bits per heavy atom. The normalized spacial score (nSPS) is 9.50. The van der Waals surface area contributed by atoms with Crippen LogP contribution in [0.15, 0.2) is 22.6 Å². The van der Waals surface area contributed by atoms with Gasteiger partial charge in [-0.25, -0.2) is 4.39 Å². The highest BCUT2D eigenvalue weighted by molar-refractivity contribution is 7.61. The molecular weight excluding hydrogens is 181 g/mol. The summed E-state index contributed by atoms with van der Waals surface area (Å²) in [7, 11) is -2.52. The van der Waals surface area contributed by atoms with Gasteiger partial charge in [0.2, 0.25) is 0 Å². The molecule has 0 heterocycles. The van der Waals surface area contributed by atoms with E-state index in [1.807, 2.05) is 0 Å². The van der Waals surface area contributed by atoms with Gasteiger partial charge in [-0.15, -0.1) is 4.36 Å². The largest absolute Gasteiger partial charge is 0.316 e. The first-order chi connectivity index (χ1) is 5.58. The number of benzene rings is 1. The number of hydrogen-bond acceptors (Lipinski definition) is 3. The molecule has 0 aliphatic carbocycles. The van der Waals surface area contributed by atoms with Gasteiger partial charge in [-0.05, 0) is 24.6 Å². The van der Waals surface area contributed by atoms with Crippen molar-refractivity contribution < 1.29 is 12.8 Å². The minimum atomic E-state index is -2.52. The van der Waals surface area contributed by atoms with Crippen molar-refractivity contribution in [2.75, 3.05) is 0 Å². The number of aryl methyl sites for hydroxylation is 1. The Morgan fingerprint density at radius 2 is 2.00 bits per heavy atom. The summed E-state index contributed by atoms with van der Waals surface area (Å²) in [5.41, 5.74) is 0.750. The van der Waals surface area contributed by atoms with E-state index in [0.29, 0.717) is 5.56 Å². The smallest absolute Gasteiger partial charge is 0.207 e. The molecule has 1 aromatic rings. The highest BCUT2D eigenvalue weighted by Gasteiger charge is 1.95. The van der Waals surface area contributed by atoms with Crippen LogP contribution in [0.1, 0.15) is 5.56 Å². The maximum atomic E-state index is 12.6. The lowest BCUT2D eigenvalue weighted by atomic mass is 10.2. The molecule has 0 amide bonds. The van der Waals surface area contributed by atoms with Crippen LogP contribution < -0.4 is 0 Å². The van der Waals surface area contributed by atoms with Crippen LogP contribution in [0.5, 0.6) is 0 Å². The number of hydrogen-bond donors (Lipinski definition) is 0. The molecule has 12 heavy (non-hydrogen) atoms. The maximum Gasteiger partial charge on any atom is 0.316 e. The Balaban J connectivity index is 3.27. The third-order valence-electron chi connectivity index (χ3n) is 1.21. The van der Waals surface area contributed by atoms with Crippen LogP contribution in [0, 0.1) is 12.7 Å². The summed E-state index contributed by atoms with van der Waals surface area (Å²) in [6.45, 7) is 1.66. The Kier molecular flexibility index (Phi) is 2.54. The minimum absolute atomic E-state index is 0.112. The van der Waals surface area contributed by atoms with Gasteiger partial charge in [-0.1, -0.05) is 0 Å². The van der Waals surface area contributed by atoms with Gasteiger partial charge >= 0.3 is 10.5 Å². The van der Waals surface area contributed by atoms with Crippen LogP contribution in [0.2, 0.25) is 0 Å². The average Bonchev–Trinajstić information content (AvgIpc) is 1.81. The van der Waals surface area contributed by atoms with Crippen molar-refractivity contribution in [3.8, 4) is 0 Å². The second-order valence-corrected chi connectivity index (χ2v) is 2.91. The predicted octanol–water partition coefficient (Wildman–Crippen LogP) is 1.83. The van der Waals surface area contributed by atoms with Gasteiger partial charge in [-0.3, -0.25) is 0 Å². The summed E-state index contributed by atoms with van der Waals surface area (Å²) in [5.74, 6) is -0.487. The molecule has 0 aliphatic heterocycles. The van der Waals surface area contributed by atoms with E-state index in [-0.39, 0.29) is 5.69 Å². The highest BCUT2D eigenvalue weighted by atomic mass is 32.2. The summed E-state index contributed by atoms with van der Waals surface area (Å²) >= 11 is 0. The van der Waals surface area contributed by atoms with Gasteiger partial charge < -0.3 is 0 Å². The van der Waals surface area contributed by atoms with Gasteiger partial charge in [-0.2, -0.15) is 8.42 Å². The highest BCUT2D eigenvalue weighted by Crippen LogP contribution is 2.15. The fourth-order valence-corrected chi connectivity index (χ4v) is 1.13. The van der Waals surface area contributed by atoms with E-state index in [2.05, 4.69) is 4.36 Å². The monoisotopic (exact) mass is 187 g/mol. The molecule has 64 valence electrons. The summed E-state index contributed by atoms with van der Waals surface area (Å²) in [4.78, 5) is 0. The lowest BCUT2D eigenvalue weighted by molar-refractivity contribution is 0.622. The topological polar surface area (TPSA) is 46.5 Å². The van der Waals surface area contributed by atoms with Crippen LogP contribution in [0.3, 0.4) is 0 Å². The summed E-state index contributed by atoms with van der Waals surface area (Å²) in [6.07, 6.45) is 0. The Bertz CT molecular complexity index is 397. The van der Waals surface area contributed by atoms with E-state index in [1.54, 1.807) is 6.92 Å². The lowest BCUT2D eigenvalue weighted by Crippen LogP contribution is -1.76. The first-order valence-electron chi connectivity index (χ1n) is 3.16. The molecule has 5 heteroatoms. The fourth-order valence-electron chi connectivity index (χ4n) is 0.856. The molecule has 0 unspecified atom stereocenters. The van der Waals surface area contributed by atoms with E-state index in [1.165, 1.54) is 12.1 Å². The molecule has 0 spiro atoms. The van der Waals surface area contributed by atoms with Crippen LogP contribution in [-0.2, 0) is 10.5 Å². The van der Waals surface area contributed by atoms with E-state index in [0.717, 1.165) is 6.07 Å². The first kappa shape index (κ1) is 8.86. The molecular formula is C7H6FNO2S. The molecule has 0 saturated heterocycles. The van der Waals surface area contributed by atoms with Crippen LogP contribution in [0.25, 0.3) is 0 Å². The van der Waals surface area contributed by atoms with Crippen LogP contribution in [-0.4, -0.2) is 8.42 Å². The second kappa shape index (κ2) is 3.44. The van der Waals surface area contributed by atoms with Gasteiger partial charge in [0.05, 0.1) is 5.69 Å². The van der Waals surface area contributed by atoms with Crippen LogP contribution in [0.4, 0.5) is 10.1 Å². The SMILES string of the molecule is Cc1cc(F)cc(N=S(=O)=O)c1. The molecule has 0 bridgehead atoms. The van der Waals surface area contributed by atoms with Crippen molar-refractivity contribution >= 4 is 16.2 Å². The average molecular weight is 187 g/mol. The zero-order valence-corrected chi connectivity index (χ0v) is 7.10. The molecule has 0 aliphatic rings. The Morgan fingerprint density at radius 1 is 1.33 bits per heavy atom. The predicted molar refractivity (Wildman–Crippen MR) is 42.1 cm³/mol. The number of halogens is 1. The third kappa shape index (κ3) is 2.43. The molecule has 1 aromatic carbocycles. The Hall–Kier alpha value is -1.23. The summed E-state index contributed by atoms with van der Waals surface area (Å²) < 4.78 is 36.0. The Labute approximate surface area is 70.6 Å². The number of rotatable bonds is 1. The molecule has 1 rings (SSSR count). The van der Waals surface area contributed by atoms with Gasteiger partial charge in [0.1, 0.15) is 5.82 Å². The summed E-state index contributed by atoms with van der Waals surface area (Å²) in [5, 5.41) is 0. The zero-order chi connectivity index (χ0) is 9.14. The molecule has 0 atom stereocenters. The lowest BCUT2D eigenvalue weighted by Gasteiger charge is -1.93. The van der Waals surface area contributed by atoms with Gasteiger partial charge in [0.15, 0.2) is 0 Å². The minimum Gasteiger partial charge on any atom is -0.207 e. The van der Waals surface area contributed by atoms with Crippen LogP contribution >= 0.6 is 0 Å². The molecule has 3 nitrogen and oxygen atoms in total. The van der Waals surface area contributed by atoms with E-state index in [4.69, 9.17) is 0 Å². The molecule has 0 N–H and O–H groups in total. The van der Waals surface area contributed by atoms with Crippen molar-refractivity contribution in [3.63, 3.8) is 0 Å². The standard InChI is InChI=1S/C7H6FNO2S/c1-5-2-6(8)4-7(3-5)9-12(10)11/h2-4H,1H3. The molecule has 0 aromatic heterocycles. The van der Waals surface area contributed by atoms with E-state index in [9.17, 15) is 12.8 Å². The van der Waals surface area contributed by atoms with Crippen molar-refractivity contribution in [3.05, 3.63) is 29.6 Å². The van der Waals surface area contributed by atoms with E-state index < -0.39 is 16.3 Å². The molecule has 0 saturated carbocycles. The van der Waals surface area contributed by atoms with Crippen molar-refractivity contribution in [2.24, 2.45) is 4.36 Å². The van der Waals surface area contributed by atoms with Crippen molar-refractivity contribution in [2.45, 2.75) is 6.92 Å². The zero-order valence-electron chi connectivity index (χ0n) is 6.28. The maximum absolute atomic E-state index is 12.6. The number of nitrogens with zero attached hydrogens (tertiary/aromatic N) is 1.